The van der Waals surface area contributed by atoms with Crippen molar-refractivity contribution in [2.45, 2.75) is 45.2 Å². The van der Waals surface area contributed by atoms with Crippen molar-refractivity contribution in [2.75, 3.05) is 6.54 Å². The fraction of sp³-hybridized carbons (Fsp3) is 0.727. The molecule has 1 aromatic heterocycles. The van der Waals surface area contributed by atoms with Gasteiger partial charge in [-0.2, -0.15) is 0 Å². The van der Waals surface area contributed by atoms with Gasteiger partial charge in [0.05, 0.1) is 0 Å². The average Bonchev–Trinajstić information content (AvgIpc) is 2.62. The van der Waals surface area contributed by atoms with Crippen molar-refractivity contribution >= 4 is 0 Å². The summed E-state index contributed by atoms with van der Waals surface area (Å²) in [6, 6.07) is 0.570. The Kier molecular flexibility index (Phi) is 2.87. The van der Waals surface area contributed by atoms with Gasteiger partial charge in [-0.15, -0.1) is 0 Å². The lowest BCUT2D eigenvalue weighted by molar-refractivity contribution is 0.411. The molecule has 0 aliphatic carbocycles. The van der Waals surface area contributed by atoms with Gasteiger partial charge in [0.25, 0.3) is 0 Å². The molecule has 3 nitrogen and oxygen atoms in total. The lowest BCUT2D eigenvalue weighted by atomic mass is 9.99. The fourth-order valence-electron chi connectivity index (χ4n) is 2.08. The zero-order chi connectivity index (χ0) is 9.97. The molecule has 2 rings (SSSR count). The van der Waals surface area contributed by atoms with Gasteiger partial charge in [0.15, 0.2) is 0 Å². The molecule has 1 aliphatic heterocycles. The monoisotopic (exact) mass is 193 g/mol. The SMILES string of the molecule is CC(C)NCC1CCCn2ccnc21. The van der Waals surface area contributed by atoms with Crippen LogP contribution in [0.5, 0.6) is 0 Å². The molecule has 2 heterocycles. The van der Waals surface area contributed by atoms with Gasteiger partial charge in [0.2, 0.25) is 0 Å². The topological polar surface area (TPSA) is 29.9 Å². The van der Waals surface area contributed by atoms with E-state index in [0.29, 0.717) is 12.0 Å². The number of rotatable bonds is 3. The normalized spacial score (nSPS) is 21.2. The van der Waals surface area contributed by atoms with Crippen molar-refractivity contribution in [3.05, 3.63) is 18.2 Å². The van der Waals surface area contributed by atoms with Crippen LogP contribution in [0, 0.1) is 0 Å². The van der Waals surface area contributed by atoms with E-state index in [0.717, 1.165) is 13.1 Å². The molecule has 0 aromatic carbocycles. The Labute approximate surface area is 85.5 Å². The third kappa shape index (κ3) is 1.98. The number of aromatic nitrogens is 2. The standard InChI is InChI=1S/C11H19N3/c1-9(2)13-8-10-4-3-6-14-7-5-12-11(10)14/h5,7,9-10,13H,3-4,6,8H2,1-2H3. The second-order valence-corrected chi connectivity index (χ2v) is 4.38. The number of nitrogens with zero attached hydrogens (tertiary/aromatic N) is 2. The Morgan fingerprint density at radius 2 is 2.50 bits per heavy atom. The van der Waals surface area contributed by atoms with Gasteiger partial charge < -0.3 is 9.88 Å². The maximum absolute atomic E-state index is 4.44. The molecule has 14 heavy (non-hydrogen) atoms. The van der Waals surface area contributed by atoms with Crippen molar-refractivity contribution in [3.63, 3.8) is 0 Å². The first-order valence-electron chi connectivity index (χ1n) is 5.52. The molecule has 0 saturated heterocycles. The second kappa shape index (κ2) is 4.13. The van der Waals surface area contributed by atoms with Gasteiger partial charge in [0, 0.05) is 37.4 Å². The molecular weight excluding hydrogens is 174 g/mol. The Bertz CT molecular complexity index is 290. The quantitative estimate of drug-likeness (QED) is 0.792. The summed E-state index contributed by atoms with van der Waals surface area (Å²) in [5, 5.41) is 3.49. The minimum atomic E-state index is 0.570. The number of nitrogens with one attached hydrogen (secondary N) is 1. The summed E-state index contributed by atoms with van der Waals surface area (Å²) in [4.78, 5) is 4.44. The first-order valence-corrected chi connectivity index (χ1v) is 5.52. The van der Waals surface area contributed by atoms with Crippen molar-refractivity contribution in [1.82, 2.24) is 14.9 Å². The molecule has 0 spiro atoms. The zero-order valence-electron chi connectivity index (χ0n) is 9.03. The van der Waals surface area contributed by atoms with E-state index in [4.69, 9.17) is 0 Å². The summed E-state index contributed by atoms with van der Waals surface area (Å²) >= 11 is 0. The first-order chi connectivity index (χ1) is 6.77. The lowest BCUT2D eigenvalue weighted by Gasteiger charge is -2.24. The minimum Gasteiger partial charge on any atom is -0.335 e. The number of hydrogen-bond donors (Lipinski definition) is 1. The molecule has 0 amide bonds. The third-order valence-corrected chi connectivity index (χ3v) is 2.84. The van der Waals surface area contributed by atoms with Gasteiger partial charge >= 0.3 is 0 Å². The van der Waals surface area contributed by atoms with E-state index in [9.17, 15) is 0 Å². The predicted molar refractivity (Wildman–Crippen MR) is 57.3 cm³/mol. The number of imidazole rings is 1. The van der Waals surface area contributed by atoms with E-state index < -0.39 is 0 Å². The molecule has 0 saturated carbocycles. The van der Waals surface area contributed by atoms with Gasteiger partial charge in [0.1, 0.15) is 5.82 Å². The number of hydrogen-bond acceptors (Lipinski definition) is 2. The maximum Gasteiger partial charge on any atom is 0.113 e. The zero-order valence-corrected chi connectivity index (χ0v) is 9.03. The number of fused-ring (bicyclic) bond motifs is 1. The lowest BCUT2D eigenvalue weighted by Crippen LogP contribution is -2.31. The molecular formula is C11H19N3. The van der Waals surface area contributed by atoms with Crippen LogP contribution in [-0.4, -0.2) is 22.1 Å². The van der Waals surface area contributed by atoms with Crippen LogP contribution in [0.1, 0.15) is 38.4 Å². The van der Waals surface area contributed by atoms with Crippen LogP contribution in [0.3, 0.4) is 0 Å². The summed E-state index contributed by atoms with van der Waals surface area (Å²) in [7, 11) is 0. The van der Waals surface area contributed by atoms with E-state index in [-0.39, 0.29) is 0 Å². The predicted octanol–water partition coefficient (Wildman–Crippen LogP) is 1.76. The summed E-state index contributed by atoms with van der Waals surface area (Å²) in [6.07, 6.45) is 6.57. The van der Waals surface area contributed by atoms with E-state index in [1.807, 2.05) is 6.20 Å². The Balaban J connectivity index is 2.01. The highest BCUT2D eigenvalue weighted by atomic mass is 15.1. The maximum atomic E-state index is 4.44. The van der Waals surface area contributed by atoms with Crippen molar-refractivity contribution in [2.24, 2.45) is 0 Å². The molecule has 1 N–H and O–H groups in total. The summed E-state index contributed by atoms with van der Waals surface area (Å²) < 4.78 is 2.29. The van der Waals surface area contributed by atoms with E-state index in [1.165, 1.54) is 18.7 Å². The van der Waals surface area contributed by atoms with Crippen molar-refractivity contribution < 1.29 is 0 Å². The Morgan fingerprint density at radius 3 is 3.29 bits per heavy atom. The van der Waals surface area contributed by atoms with Crippen LogP contribution in [0.2, 0.25) is 0 Å². The van der Waals surface area contributed by atoms with Crippen LogP contribution >= 0.6 is 0 Å². The van der Waals surface area contributed by atoms with Crippen molar-refractivity contribution in [1.29, 1.82) is 0 Å². The molecule has 0 bridgehead atoms. The molecule has 1 unspecified atom stereocenters. The molecule has 0 fully saturated rings. The largest absolute Gasteiger partial charge is 0.335 e. The molecule has 3 heteroatoms. The van der Waals surface area contributed by atoms with Crippen LogP contribution in [-0.2, 0) is 6.54 Å². The highest BCUT2D eigenvalue weighted by Crippen LogP contribution is 2.24. The smallest absolute Gasteiger partial charge is 0.113 e. The molecule has 0 radical (unpaired) electrons. The van der Waals surface area contributed by atoms with E-state index >= 15 is 0 Å². The van der Waals surface area contributed by atoms with Crippen LogP contribution < -0.4 is 5.32 Å². The van der Waals surface area contributed by atoms with Crippen LogP contribution in [0.15, 0.2) is 12.4 Å². The molecule has 1 aliphatic rings. The molecule has 1 aromatic rings. The van der Waals surface area contributed by atoms with E-state index in [2.05, 4.69) is 34.9 Å². The van der Waals surface area contributed by atoms with Gasteiger partial charge in [-0.3, -0.25) is 0 Å². The number of aryl methyl sites for hydroxylation is 1. The average molecular weight is 193 g/mol. The summed E-state index contributed by atoms with van der Waals surface area (Å²) in [5.74, 6) is 1.88. The highest BCUT2D eigenvalue weighted by molar-refractivity contribution is 5.04. The summed E-state index contributed by atoms with van der Waals surface area (Å²) in [6.45, 7) is 6.59. The highest BCUT2D eigenvalue weighted by Gasteiger charge is 2.20. The first kappa shape index (κ1) is 9.71. The van der Waals surface area contributed by atoms with Crippen LogP contribution in [0.25, 0.3) is 0 Å². The Hall–Kier alpha value is -0.830. The van der Waals surface area contributed by atoms with Gasteiger partial charge in [-0.05, 0) is 12.8 Å². The second-order valence-electron chi connectivity index (χ2n) is 4.38. The summed E-state index contributed by atoms with van der Waals surface area (Å²) in [5.41, 5.74) is 0. The third-order valence-electron chi connectivity index (χ3n) is 2.84. The Morgan fingerprint density at radius 1 is 1.64 bits per heavy atom. The van der Waals surface area contributed by atoms with Gasteiger partial charge in [-0.25, -0.2) is 4.98 Å². The van der Waals surface area contributed by atoms with Gasteiger partial charge in [-0.1, -0.05) is 13.8 Å². The molecule has 78 valence electrons. The van der Waals surface area contributed by atoms with Crippen molar-refractivity contribution in [3.8, 4) is 0 Å². The van der Waals surface area contributed by atoms with Crippen LogP contribution in [0.4, 0.5) is 0 Å². The molecule has 1 atom stereocenters. The minimum absolute atomic E-state index is 0.570. The fourth-order valence-corrected chi connectivity index (χ4v) is 2.08. The van der Waals surface area contributed by atoms with E-state index in [1.54, 1.807) is 0 Å².